The van der Waals surface area contributed by atoms with Gasteiger partial charge in [0, 0.05) is 21.4 Å². The topological polar surface area (TPSA) is 46.2 Å². The van der Waals surface area contributed by atoms with Crippen molar-refractivity contribution in [1.82, 2.24) is 0 Å². The Labute approximate surface area is 136 Å². The van der Waals surface area contributed by atoms with Crippen molar-refractivity contribution in [2.75, 3.05) is 6.54 Å². The largest absolute Gasteiger partial charge is 0.388 e. The number of benzene rings is 2. The molecule has 3 N–H and O–H groups in total. The molecule has 0 aromatic heterocycles. The first-order chi connectivity index (χ1) is 9.51. The Balaban J connectivity index is 2.35. The maximum Gasteiger partial charge on any atom is 0.0871 e. The van der Waals surface area contributed by atoms with Crippen LogP contribution < -0.4 is 5.73 Å². The van der Waals surface area contributed by atoms with E-state index in [4.69, 9.17) is 5.73 Å². The summed E-state index contributed by atoms with van der Waals surface area (Å²) in [5, 5.41) is 10.7. The van der Waals surface area contributed by atoms with Crippen LogP contribution in [0.25, 0.3) is 0 Å². The van der Waals surface area contributed by atoms with Crippen LogP contribution in [0, 0.1) is 6.92 Å². The van der Waals surface area contributed by atoms with Crippen LogP contribution in [0.5, 0.6) is 0 Å². The second kappa shape index (κ2) is 6.85. The van der Waals surface area contributed by atoms with Gasteiger partial charge in [0.2, 0.25) is 0 Å². The highest BCUT2D eigenvalue weighted by molar-refractivity contribution is 9.10. The van der Waals surface area contributed by atoms with E-state index >= 15 is 0 Å². The molecule has 2 aromatic rings. The average molecular weight is 399 g/mol. The maximum atomic E-state index is 10.7. The third-order valence-corrected chi connectivity index (χ3v) is 4.27. The van der Waals surface area contributed by atoms with Crippen molar-refractivity contribution in [2.24, 2.45) is 5.73 Å². The van der Waals surface area contributed by atoms with E-state index < -0.39 is 6.10 Å². The van der Waals surface area contributed by atoms with Gasteiger partial charge in [-0.25, -0.2) is 0 Å². The summed E-state index contributed by atoms with van der Waals surface area (Å²) in [6.45, 7) is 2.40. The van der Waals surface area contributed by atoms with Crippen molar-refractivity contribution in [1.29, 1.82) is 0 Å². The van der Waals surface area contributed by atoms with Gasteiger partial charge in [-0.05, 0) is 47.9 Å². The molecule has 0 saturated heterocycles. The standard InChI is InChI=1S/C16H17Br2NO/c1-10-5-12(8-14(18)6-10)16(20)15(9-19)11-3-2-4-13(17)7-11/h2-8,15-16,20H,9,19H2,1H3. The van der Waals surface area contributed by atoms with Gasteiger partial charge in [0.15, 0.2) is 0 Å². The number of hydrogen-bond donors (Lipinski definition) is 2. The van der Waals surface area contributed by atoms with E-state index in [0.717, 1.165) is 25.6 Å². The number of nitrogens with two attached hydrogens (primary N) is 1. The van der Waals surface area contributed by atoms with E-state index in [1.807, 2.05) is 49.4 Å². The average Bonchev–Trinajstić information content (AvgIpc) is 2.38. The van der Waals surface area contributed by atoms with Gasteiger partial charge >= 0.3 is 0 Å². The minimum Gasteiger partial charge on any atom is -0.388 e. The Kier molecular flexibility index (Phi) is 5.38. The summed E-state index contributed by atoms with van der Waals surface area (Å²) in [6, 6.07) is 13.9. The molecule has 106 valence electrons. The summed E-state index contributed by atoms with van der Waals surface area (Å²) in [6.07, 6.45) is -0.620. The molecule has 2 aromatic carbocycles. The van der Waals surface area contributed by atoms with Crippen molar-refractivity contribution in [3.8, 4) is 0 Å². The Morgan fingerprint density at radius 2 is 1.75 bits per heavy atom. The normalized spacial score (nSPS) is 14.1. The van der Waals surface area contributed by atoms with E-state index in [2.05, 4.69) is 31.9 Å². The molecule has 0 amide bonds. The van der Waals surface area contributed by atoms with Gasteiger partial charge in [0.25, 0.3) is 0 Å². The number of aliphatic hydroxyl groups is 1. The maximum absolute atomic E-state index is 10.7. The minimum atomic E-state index is -0.620. The third kappa shape index (κ3) is 3.70. The SMILES string of the molecule is Cc1cc(Br)cc(C(O)C(CN)c2cccc(Br)c2)c1. The van der Waals surface area contributed by atoms with E-state index in [1.165, 1.54) is 0 Å². The Morgan fingerprint density at radius 3 is 2.35 bits per heavy atom. The highest BCUT2D eigenvalue weighted by atomic mass is 79.9. The zero-order chi connectivity index (χ0) is 14.7. The van der Waals surface area contributed by atoms with Crippen LogP contribution in [0.15, 0.2) is 51.4 Å². The summed E-state index contributed by atoms with van der Waals surface area (Å²) in [7, 11) is 0. The molecule has 0 bridgehead atoms. The quantitative estimate of drug-likeness (QED) is 0.806. The number of halogens is 2. The van der Waals surface area contributed by atoms with E-state index in [1.54, 1.807) is 0 Å². The number of aliphatic hydroxyl groups excluding tert-OH is 1. The zero-order valence-electron chi connectivity index (χ0n) is 11.2. The van der Waals surface area contributed by atoms with E-state index in [-0.39, 0.29) is 5.92 Å². The van der Waals surface area contributed by atoms with Crippen LogP contribution in [-0.4, -0.2) is 11.7 Å². The Morgan fingerprint density at radius 1 is 1.05 bits per heavy atom. The highest BCUT2D eigenvalue weighted by Crippen LogP contribution is 2.33. The molecule has 0 aliphatic carbocycles. The summed E-state index contributed by atoms with van der Waals surface area (Å²) in [4.78, 5) is 0. The van der Waals surface area contributed by atoms with Gasteiger partial charge in [-0.3, -0.25) is 0 Å². The zero-order valence-corrected chi connectivity index (χ0v) is 14.4. The lowest BCUT2D eigenvalue weighted by molar-refractivity contribution is 0.147. The molecule has 0 heterocycles. The molecule has 0 aliphatic heterocycles. The predicted molar refractivity (Wildman–Crippen MR) is 89.8 cm³/mol. The van der Waals surface area contributed by atoms with Gasteiger partial charge in [0.05, 0.1) is 6.10 Å². The molecule has 2 nitrogen and oxygen atoms in total. The molecule has 0 aliphatic rings. The smallest absolute Gasteiger partial charge is 0.0871 e. The van der Waals surface area contributed by atoms with Gasteiger partial charge in [-0.15, -0.1) is 0 Å². The fraction of sp³-hybridized carbons (Fsp3) is 0.250. The molecule has 0 fully saturated rings. The van der Waals surface area contributed by atoms with Crippen LogP contribution in [0.4, 0.5) is 0 Å². The number of aryl methyl sites for hydroxylation is 1. The third-order valence-electron chi connectivity index (χ3n) is 3.32. The first kappa shape index (κ1) is 15.7. The fourth-order valence-corrected chi connectivity index (χ4v) is 3.39. The van der Waals surface area contributed by atoms with Crippen molar-refractivity contribution in [3.05, 3.63) is 68.1 Å². The molecule has 0 radical (unpaired) electrons. The van der Waals surface area contributed by atoms with Crippen molar-refractivity contribution >= 4 is 31.9 Å². The van der Waals surface area contributed by atoms with Crippen molar-refractivity contribution in [2.45, 2.75) is 18.9 Å². The molecule has 20 heavy (non-hydrogen) atoms. The first-order valence-electron chi connectivity index (χ1n) is 6.42. The molecule has 0 saturated carbocycles. The van der Waals surface area contributed by atoms with Crippen molar-refractivity contribution < 1.29 is 5.11 Å². The second-order valence-electron chi connectivity index (χ2n) is 4.90. The van der Waals surface area contributed by atoms with Crippen LogP contribution in [0.2, 0.25) is 0 Å². The highest BCUT2D eigenvalue weighted by Gasteiger charge is 2.22. The lowest BCUT2D eigenvalue weighted by Gasteiger charge is -2.23. The van der Waals surface area contributed by atoms with Gasteiger partial charge in [0.1, 0.15) is 0 Å². The molecule has 0 spiro atoms. The number of rotatable bonds is 4. The first-order valence-corrected chi connectivity index (χ1v) is 8.00. The fourth-order valence-electron chi connectivity index (χ4n) is 2.35. The molecular formula is C16H17Br2NO. The van der Waals surface area contributed by atoms with Gasteiger partial charge in [-0.1, -0.05) is 50.1 Å². The van der Waals surface area contributed by atoms with Crippen LogP contribution in [0.3, 0.4) is 0 Å². The van der Waals surface area contributed by atoms with E-state index in [0.29, 0.717) is 6.54 Å². The van der Waals surface area contributed by atoms with Gasteiger partial charge < -0.3 is 10.8 Å². The molecule has 2 atom stereocenters. The monoisotopic (exact) mass is 397 g/mol. The molecule has 4 heteroatoms. The summed E-state index contributed by atoms with van der Waals surface area (Å²) in [5.41, 5.74) is 8.91. The molecular weight excluding hydrogens is 382 g/mol. The van der Waals surface area contributed by atoms with E-state index in [9.17, 15) is 5.11 Å². The van der Waals surface area contributed by atoms with Crippen LogP contribution in [-0.2, 0) is 0 Å². The molecule has 2 rings (SSSR count). The summed E-state index contributed by atoms with van der Waals surface area (Å²) < 4.78 is 1.96. The predicted octanol–water partition coefficient (Wildman–Crippen LogP) is 4.30. The Bertz CT molecular complexity index is 581. The summed E-state index contributed by atoms with van der Waals surface area (Å²) in [5.74, 6) is -0.124. The lowest BCUT2D eigenvalue weighted by atomic mass is 9.89. The van der Waals surface area contributed by atoms with Gasteiger partial charge in [-0.2, -0.15) is 0 Å². The van der Waals surface area contributed by atoms with Crippen LogP contribution >= 0.6 is 31.9 Å². The second-order valence-corrected chi connectivity index (χ2v) is 6.74. The minimum absolute atomic E-state index is 0.124. The molecule has 2 unspecified atom stereocenters. The lowest BCUT2D eigenvalue weighted by Crippen LogP contribution is -2.20. The number of hydrogen-bond acceptors (Lipinski definition) is 2. The van der Waals surface area contributed by atoms with Crippen molar-refractivity contribution in [3.63, 3.8) is 0 Å². The van der Waals surface area contributed by atoms with Crippen LogP contribution in [0.1, 0.15) is 28.7 Å². The Hall–Kier alpha value is -0.680. The summed E-state index contributed by atoms with van der Waals surface area (Å²) >= 11 is 6.93.